The number of allylic oxidation sites excluding steroid dienone is 1. The number of rotatable bonds is 4. The molecule has 3 amide bonds. The summed E-state index contributed by atoms with van der Waals surface area (Å²) in [5.41, 5.74) is 3.34. The van der Waals surface area contributed by atoms with Gasteiger partial charge in [0.15, 0.2) is 0 Å². The number of carbonyl (C=O) groups excluding carboxylic acids is 3. The molecule has 1 aromatic heterocycles. The lowest BCUT2D eigenvalue weighted by Gasteiger charge is -2.31. The molecule has 184 valence electrons. The normalized spacial score (nSPS) is 19.0. The first kappa shape index (κ1) is 23.3. The number of hydrogen-bond acceptors (Lipinski definition) is 5. The van der Waals surface area contributed by atoms with Gasteiger partial charge in [0.1, 0.15) is 11.4 Å². The number of aryl methyl sites for hydroxylation is 1. The molecule has 0 radical (unpaired) electrons. The van der Waals surface area contributed by atoms with E-state index in [1.807, 2.05) is 12.1 Å². The highest BCUT2D eigenvalue weighted by Gasteiger charge is 2.47. The number of benzene rings is 1. The monoisotopic (exact) mass is 477 g/mol. The maximum atomic E-state index is 13.5. The van der Waals surface area contributed by atoms with E-state index in [1.165, 1.54) is 4.68 Å². The van der Waals surface area contributed by atoms with E-state index < -0.39 is 5.41 Å². The lowest BCUT2D eigenvalue weighted by Crippen LogP contribution is -2.39. The van der Waals surface area contributed by atoms with Crippen LogP contribution in [0.3, 0.4) is 0 Å². The Balaban J connectivity index is 1.40. The van der Waals surface area contributed by atoms with Crippen molar-refractivity contribution in [3.63, 3.8) is 0 Å². The van der Waals surface area contributed by atoms with E-state index in [-0.39, 0.29) is 17.7 Å². The van der Waals surface area contributed by atoms with Crippen molar-refractivity contribution in [3.05, 3.63) is 53.0 Å². The van der Waals surface area contributed by atoms with Crippen molar-refractivity contribution < 1.29 is 19.1 Å². The lowest BCUT2D eigenvalue weighted by molar-refractivity contribution is -0.124. The summed E-state index contributed by atoms with van der Waals surface area (Å²) in [6.45, 7) is 1.11. The number of fused-ring (bicyclic) bond motifs is 2. The third-order valence-corrected chi connectivity index (χ3v) is 7.40. The molecule has 3 aliphatic rings. The molecule has 1 aromatic carbocycles. The number of nitrogens with one attached hydrogen (secondary N) is 3. The molecule has 0 atom stereocenters. The minimum Gasteiger partial charge on any atom is -0.381 e. The fourth-order valence-electron chi connectivity index (χ4n) is 5.40. The Morgan fingerprint density at radius 3 is 2.51 bits per heavy atom. The van der Waals surface area contributed by atoms with Gasteiger partial charge in [-0.05, 0) is 67.9 Å². The molecule has 9 heteroatoms. The molecule has 9 nitrogen and oxygen atoms in total. The largest absolute Gasteiger partial charge is 0.381 e. The first-order valence-corrected chi connectivity index (χ1v) is 12.3. The number of ether oxygens (including phenoxy) is 1. The Labute approximate surface area is 204 Å². The van der Waals surface area contributed by atoms with Crippen LogP contribution in [0.2, 0.25) is 0 Å². The highest BCUT2D eigenvalue weighted by molar-refractivity contribution is 6.10. The van der Waals surface area contributed by atoms with Crippen molar-refractivity contribution in [1.29, 1.82) is 0 Å². The van der Waals surface area contributed by atoms with Crippen molar-refractivity contribution in [2.75, 3.05) is 23.8 Å². The molecule has 1 saturated heterocycles. The summed E-state index contributed by atoms with van der Waals surface area (Å²) in [6, 6.07) is 7.17. The van der Waals surface area contributed by atoms with Crippen molar-refractivity contribution >= 4 is 29.1 Å². The van der Waals surface area contributed by atoms with Crippen LogP contribution < -0.4 is 16.0 Å². The highest BCUT2D eigenvalue weighted by Crippen LogP contribution is 2.45. The van der Waals surface area contributed by atoms with Crippen LogP contribution in [-0.2, 0) is 26.8 Å². The zero-order valence-corrected chi connectivity index (χ0v) is 20.0. The predicted octanol–water partition coefficient (Wildman–Crippen LogP) is 3.40. The molecule has 35 heavy (non-hydrogen) atoms. The topological polar surface area (TPSA) is 114 Å². The molecule has 1 spiro atoms. The number of nitrogens with zero attached hydrogens (tertiary/aromatic N) is 2. The van der Waals surface area contributed by atoms with Crippen LogP contribution in [0.4, 0.5) is 11.4 Å². The van der Waals surface area contributed by atoms with Gasteiger partial charge < -0.3 is 20.7 Å². The van der Waals surface area contributed by atoms with Crippen LogP contribution in [0.1, 0.15) is 67.4 Å². The van der Waals surface area contributed by atoms with E-state index in [0.29, 0.717) is 43.1 Å². The highest BCUT2D eigenvalue weighted by atomic mass is 16.5. The van der Waals surface area contributed by atoms with E-state index >= 15 is 0 Å². The molecule has 2 aromatic rings. The van der Waals surface area contributed by atoms with E-state index in [9.17, 15) is 14.4 Å². The van der Waals surface area contributed by atoms with Gasteiger partial charge in [-0.15, -0.1) is 0 Å². The molecule has 2 aliphatic heterocycles. The fourth-order valence-corrected chi connectivity index (χ4v) is 5.40. The van der Waals surface area contributed by atoms with Crippen LogP contribution in [-0.4, -0.2) is 40.7 Å². The molecule has 1 aliphatic carbocycles. The minimum atomic E-state index is -0.555. The minimum absolute atomic E-state index is 0.0102. The second-order valence-electron chi connectivity index (χ2n) is 9.55. The van der Waals surface area contributed by atoms with Gasteiger partial charge >= 0.3 is 0 Å². The summed E-state index contributed by atoms with van der Waals surface area (Å²) in [7, 11) is 1.69. The molecule has 0 bridgehead atoms. The predicted molar refractivity (Wildman–Crippen MR) is 131 cm³/mol. The van der Waals surface area contributed by atoms with Gasteiger partial charge in [-0.25, -0.2) is 0 Å². The summed E-state index contributed by atoms with van der Waals surface area (Å²) >= 11 is 0. The molecule has 0 unspecified atom stereocenters. The average molecular weight is 478 g/mol. The van der Waals surface area contributed by atoms with Gasteiger partial charge in [0.25, 0.3) is 11.8 Å². The Morgan fingerprint density at radius 1 is 1.09 bits per heavy atom. The zero-order valence-electron chi connectivity index (χ0n) is 20.0. The van der Waals surface area contributed by atoms with Crippen LogP contribution in [0.15, 0.2) is 41.7 Å². The van der Waals surface area contributed by atoms with Gasteiger partial charge in [0.2, 0.25) is 5.91 Å². The van der Waals surface area contributed by atoms with E-state index in [1.54, 1.807) is 25.4 Å². The average Bonchev–Trinajstić information content (AvgIpc) is 3.25. The van der Waals surface area contributed by atoms with Gasteiger partial charge in [-0.3, -0.25) is 19.1 Å². The van der Waals surface area contributed by atoms with Gasteiger partial charge in [0.05, 0.1) is 5.41 Å². The molecule has 3 heterocycles. The summed E-state index contributed by atoms with van der Waals surface area (Å²) < 4.78 is 6.96. The van der Waals surface area contributed by atoms with Gasteiger partial charge in [-0.1, -0.05) is 18.9 Å². The maximum Gasteiger partial charge on any atom is 0.274 e. The van der Waals surface area contributed by atoms with Crippen molar-refractivity contribution in [3.8, 4) is 0 Å². The zero-order chi connectivity index (χ0) is 24.4. The van der Waals surface area contributed by atoms with Crippen molar-refractivity contribution in [1.82, 2.24) is 15.1 Å². The summed E-state index contributed by atoms with van der Waals surface area (Å²) in [4.78, 5) is 39.2. The number of aromatic nitrogens is 2. The van der Waals surface area contributed by atoms with Crippen LogP contribution in [0.5, 0.6) is 0 Å². The molecular weight excluding hydrogens is 446 g/mol. The fraction of sp³-hybridized carbons (Fsp3) is 0.462. The van der Waals surface area contributed by atoms with E-state index in [2.05, 4.69) is 21.0 Å². The third kappa shape index (κ3) is 4.48. The molecule has 5 rings (SSSR count). The number of amides is 3. The van der Waals surface area contributed by atoms with E-state index in [4.69, 9.17) is 4.74 Å². The lowest BCUT2D eigenvalue weighted by atomic mass is 9.75. The SMILES string of the molecule is Cn1nccc1C(=O)NC(C(=O)Nc1ccc2c(c1)NC(=O)C21CCOCC1)=C1CCCCCC1. The molecule has 1 saturated carbocycles. The molecular formula is C26H31N5O4. The number of carbonyl (C=O) groups is 3. The second-order valence-corrected chi connectivity index (χ2v) is 9.55. The Kier molecular flexibility index (Phi) is 6.42. The van der Waals surface area contributed by atoms with Gasteiger partial charge in [0, 0.05) is 37.8 Å². The van der Waals surface area contributed by atoms with Crippen LogP contribution in [0, 0.1) is 0 Å². The maximum absolute atomic E-state index is 13.5. The van der Waals surface area contributed by atoms with Crippen LogP contribution in [0.25, 0.3) is 0 Å². The number of anilines is 2. The third-order valence-electron chi connectivity index (χ3n) is 7.40. The standard InChI is InChI=1S/C26H31N5O4/c1-31-21(10-13-27-31)23(32)30-22(17-6-4-2-3-5-7-17)24(33)28-18-8-9-19-20(16-18)29-25(34)26(19)11-14-35-15-12-26/h8-10,13,16H,2-7,11-12,14-15H2,1H3,(H,28,33)(H,29,34)(H,30,32). The van der Waals surface area contributed by atoms with Crippen molar-refractivity contribution in [2.45, 2.75) is 56.8 Å². The molecule has 2 fully saturated rings. The Morgan fingerprint density at radius 2 is 1.83 bits per heavy atom. The Bertz CT molecular complexity index is 1180. The first-order valence-electron chi connectivity index (χ1n) is 12.3. The smallest absolute Gasteiger partial charge is 0.274 e. The van der Waals surface area contributed by atoms with Crippen molar-refractivity contribution in [2.24, 2.45) is 7.05 Å². The van der Waals surface area contributed by atoms with E-state index in [0.717, 1.165) is 55.3 Å². The quantitative estimate of drug-likeness (QED) is 0.461. The summed E-state index contributed by atoms with van der Waals surface area (Å²) in [6.07, 6.45) is 8.61. The summed E-state index contributed by atoms with van der Waals surface area (Å²) in [5.74, 6) is -0.735. The van der Waals surface area contributed by atoms with Crippen LogP contribution >= 0.6 is 0 Å². The Hall–Kier alpha value is -3.46. The number of hydrogen-bond donors (Lipinski definition) is 3. The first-order chi connectivity index (χ1) is 17.0. The molecule has 3 N–H and O–H groups in total. The summed E-state index contributed by atoms with van der Waals surface area (Å²) in [5, 5.41) is 12.9. The second kappa shape index (κ2) is 9.65. The van der Waals surface area contributed by atoms with Gasteiger partial charge in [-0.2, -0.15) is 5.10 Å².